The molecule has 88 valence electrons. The molecule has 1 aromatic rings. The van der Waals surface area contributed by atoms with Gasteiger partial charge in [-0.15, -0.1) is 5.10 Å². The maximum atomic E-state index is 5.21. The van der Waals surface area contributed by atoms with Crippen LogP contribution in [0.15, 0.2) is 16.7 Å². The normalized spacial score (nSPS) is 17.4. The van der Waals surface area contributed by atoms with E-state index in [1.165, 1.54) is 12.8 Å². The van der Waals surface area contributed by atoms with E-state index >= 15 is 0 Å². The summed E-state index contributed by atoms with van der Waals surface area (Å²) in [5.41, 5.74) is 0.963. The van der Waals surface area contributed by atoms with E-state index in [9.17, 15) is 0 Å². The standard InChI is InChI=1S/C11H16BrN3O/c1-16-7-10(8-2-3-8)13-6-9-4-5-11(12)15-14-9/h4-5,8,10,13H,2-3,6-7H2,1H3. The zero-order chi connectivity index (χ0) is 11.4. The Balaban J connectivity index is 1.82. The van der Waals surface area contributed by atoms with Crippen molar-refractivity contribution in [3.05, 3.63) is 22.4 Å². The van der Waals surface area contributed by atoms with Crippen LogP contribution in [-0.4, -0.2) is 30.0 Å². The van der Waals surface area contributed by atoms with E-state index in [1.807, 2.05) is 12.1 Å². The van der Waals surface area contributed by atoms with Gasteiger partial charge in [0, 0.05) is 19.7 Å². The number of aromatic nitrogens is 2. The van der Waals surface area contributed by atoms with E-state index in [4.69, 9.17) is 4.74 Å². The van der Waals surface area contributed by atoms with Crippen molar-refractivity contribution >= 4 is 15.9 Å². The molecule has 1 aliphatic rings. The zero-order valence-electron chi connectivity index (χ0n) is 9.32. The van der Waals surface area contributed by atoms with Gasteiger partial charge >= 0.3 is 0 Å². The Kier molecular flexibility index (Phi) is 4.26. The summed E-state index contributed by atoms with van der Waals surface area (Å²) in [6.45, 7) is 1.53. The molecule has 2 rings (SSSR count). The SMILES string of the molecule is COCC(NCc1ccc(Br)nn1)C1CC1. The van der Waals surface area contributed by atoms with Crippen LogP contribution in [0.5, 0.6) is 0 Å². The third-order valence-electron chi connectivity index (χ3n) is 2.77. The minimum Gasteiger partial charge on any atom is -0.383 e. The first kappa shape index (κ1) is 12.0. The summed E-state index contributed by atoms with van der Waals surface area (Å²) in [4.78, 5) is 0. The molecule has 1 N–H and O–H groups in total. The van der Waals surface area contributed by atoms with Crippen molar-refractivity contribution in [3.8, 4) is 0 Å². The van der Waals surface area contributed by atoms with Gasteiger partial charge in [0.05, 0.1) is 12.3 Å². The minimum absolute atomic E-state index is 0.454. The van der Waals surface area contributed by atoms with E-state index in [2.05, 4.69) is 31.4 Å². The van der Waals surface area contributed by atoms with Crippen molar-refractivity contribution in [3.63, 3.8) is 0 Å². The fourth-order valence-electron chi connectivity index (χ4n) is 1.71. The van der Waals surface area contributed by atoms with Crippen molar-refractivity contribution in [2.75, 3.05) is 13.7 Å². The second kappa shape index (κ2) is 5.70. The van der Waals surface area contributed by atoms with Crippen LogP contribution < -0.4 is 5.32 Å². The summed E-state index contributed by atoms with van der Waals surface area (Å²) < 4.78 is 5.98. The second-order valence-corrected chi connectivity index (χ2v) is 4.94. The topological polar surface area (TPSA) is 47.0 Å². The van der Waals surface area contributed by atoms with E-state index in [1.54, 1.807) is 7.11 Å². The van der Waals surface area contributed by atoms with Crippen LogP contribution in [0.2, 0.25) is 0 Å². The summed E-state index contributed by atoms with van der Waals surface area (Å²) in [6, 6.07) is 4.34. The van der Waals surface area contributed by atoms with Crippen LogP contribution in [0.3, 0.4) is 0 Å². The Morgan fingerprint density at radius 2 is 2.31 bits per heavy atom. The van der Waals surface area contributed by atoms with Gasteiger partial charge in [0.15, 0.2) is 0 Å². The lowest BCUT2D eigenvalue weighted by Crippen LogP contribution is -2.34. The summed E-state index contributed by atoms with van der Waals surface area (Å²) in [5, 5.41) is 11.5. The van der Waals surface area contributed by atoms with Crippen molar-refractivity contribution in [1.29, 1.82) is 0 Å². The molecule has 16 heavy (non-hydrogen) atoms. The molecule has 0 saturated heterocycles. The maximum Gasteiger partial charge on any atom is 0.128 e. The molecular weight excluding hydrogens is 270 g/mol. The van der Waals surface area contributed by atoms with Gasteiger partial charge in [-0.05, 0) is 46.8 Å². The van der Waals surface area contributed by atoms with E-state index in [-0.39, 0.29) is 0 Å². The van der Waals surface area contributed by atoms with Crippen LogP contribution in [0.25, 0.3) is 0 Å². The second-order valence-electron chi connectivity index (χ2n) is 4.13. The minimum atomic E-state index is 0.454. The van der Waals surface area contributed by atoms with Gasteiger partial charge in [0.2, 0.25) is 0 Å². The Morgan fingerprint density at radius 1 is 1.50 bits per heavy atom. The quantitative estimate of drug-likeness (QED) is 0.865. The van der Waals surface area contributed by atoms with Crippen LogP contribution in [-0.2, 0) is 11.3 Å². The number of methoxy groups -OCH3 is 1. The van der Waals surface area contributed by atoms with Gasteiger partial charge in [-0.2, -0.15) is 5.10 Å². The molecule has 1 fully saturated rings. The molecule has 5 heteroatoms. The predicted molar refractivity (Wildman–Crippen MR) is 65.0 cm³/mol. The molecule has 1 unspecified atom stereocenters. The third kappa shape index (κ3) is 3.50. The molecule has 1 aromatic heterocycles. The fourth-order valence-corrected chi connectivity index (χ4v) is 1.92. The molecule has 4 nitrogen and oxygen atoms in total. The fraction of sp³-hybridized carbons (Fsp3) is 0.636. The average molecular weight is 286 g/mol. The predicted octanol–water partition coefficient (Wildman–Crippen LogP) is 1.75. The number of hydrogen-bond donors (Lipinski definition) is 1. The Bertz CT molecular complexity index is 327. The van der Waals surface area contributed by atoms with Gasteiger partial charge < -0.3 is 10.1 Å². The molecule has 1 atom stereocenters. The zero-order valence-corrected chi connectivity index (χ0v) is 10.9. The summed E-state index contributed by atoms with van der Waals surface area (Å²) >= 11 is 3.27. The number of nitrogens with zero attached hydrogens (tertiary/aromatic N) is 2. The molecule has 0 radical (unpaired) electrons. The molecular formula is C11H16BrN3O. The Hall–Kier alpha value is -0.520. The highest BCUT2D eigenvalue weighted by Crippen LogP contribution is 2.32. The van der Waals surface area contributed by atoms with Gasteiger partial charge in [0.25, 0.3) is 0 Å². The number of hydrogen-bond acceptors (Lipinski definition) is 4. The van der Waals surface area contributed by atoms with Crippen LogP contribution in [0.4, 0.5) is 0 Å². The molecule has 1 heterocycles. The lowest BCUT2D eigenvalue weighted by molar-refractivity contribution is 0.156. The first-order valence-electron chi connectivity index (χ1n) is 5.50. The lowest BCUT2D eigenvalue weighted by Gasteiger charge is -2.16. The van der Waals surface area contributed by atoms with E-state index in [0.717, 1.165) is 29.4 Å². The molecule has 0 amide bonds. The molecule has 0 spiro atoms. The van der Waals surface area contributed by atoms with Crippen LogP contribution >= 0.6 is 15.9 Å². The average Bonchev–Trinajstić information content (AvgIpc) is 3.10. The van der Waals surface area contributed by atoms with Gasteiger partial charge in [-0.3, -0.25) is 0 Å². The summed E-state index contributed by atoms with van der Waals surface area (Å²) in [6.07, 6.45) is 2.63. The third-order valence-corrected chi connectivity index (χ3v) is 3.19. The van der Waals surface area contributed by atoms with Crippen molar-refractivity contribution in [2.24, 2.45) is 5.92 Å². The van der Waals surface area contributed by atoms with Gasteiger partial charge in [-0.25, -0.2) is 0 Å². The monoisotopic (exact) mass is 285 g/mol. The first-order chi connectivity index (χ1) is 7.79. The highest BCUT2D eigenvalue weighted by Gasteiger charge is 2.30. The Labute approximate surface area is 104 Å². The van der Waals surface area contributed by atoms with E-state index < -0.39 is 0 Å². The highest BCUT2D eigenvalue weighted by molar-refractivity contribution is 9.10. The summed E-state index contributed by atoms with van der Waals surface area (Å²) in [5.74, 6) is 0.781. The number of halogens is 1. The maximum absolute atomic E-state index is 5.21. The Morgan fingerprint density at radius 3 is 2.88 bits per heavy atom. The molecule has 0 aliphatic heterocycles. The van der Waals surface area contributed by atoms with Crippen molar-refractivity contribution in [2.45, 2.75) is 25.4 Å². The van der Waals surface area contributed by atoms with Gasteiger partial charge in [0.1, 0.15) is 4.60 Å². The van der Waals surface area contributed by atoms with Crippen molar-refractivity contribution < 1.29 is 4.74 Å². The lowest BCUT2D eigenvalue weighted by atomic mass is 10.2. The van der Waals surface area contributed by atoms with Crippen molar-refractivity contribution in [1.82, 2.24) is 15.5 Å². The molecule has 1 aliphatic carbocycles. The van der Waals surface area contributed by atoms with Crippen LogP contribution in [0, 0.1) is 5.92 Å². The largest absolute Gasteiger partial charge is 0.383 e. The number of ether oxygens (including phenoxy) is 1. The number of nitrogens with one attached hydrogen (secondary N) is 1. The molecule has 0 aromatic carbocycles. The highest BCUT2D eigenvalue weighted by atomic mass is 79.9. The first-order valence-corrected chi connectivity index (χ1v) is 6.29. The van der Waals surface area contributed by atoms with Gasteiger partial charge in [-0.1, -0.05) is 0 Å². The smallest absolute Gasteiger partial charge is 0.128 e. The van der Waals surface area contributed by atoms with Crippen LogP contribution in [0.1, 0.15) is 18.5 Å². The summed E-state index contributed by atoms with van der Waals surface area (Å²) in [7, 11) is 1.75. The number of rotatable bonds is 6. The molecule has 0 bridgehead atoms. The molecule has 1 saturated carbocycles. The van der Waals surface area contributed by atoms with E-state index in [0.29, 0.717) is 6.04 Å².